The van der Waals surface area contributed by atoms with Crippen LogP contribution in [0.3, 0.4) is 0 Å². The fraction of sp³-hybridized carbons (Fsp3) is 0.0556. The Morgan fingerprint density at radius 1 is 1.20 bits per heavy atom. The van der Waals surface area contributed by atoms with Crippen molar-refractivity contribution in [2.75, 3.05) is 5.32 Å². The number of furan rings is 1. The number of amides is 1. The van der Waals surface area contributed by atoms with Gasteiger partial charge in [0.05, 0.1) is 6.33 Å². The van der Waals surface area contributed by atoms with Crippen molar-refractivity contribution in [2.45, 2.75) is 6.54 Å². The molecule has 4 rings (SSSR count). The maximum absolute atomic E-state index is 12.6. The van der Waals surface area contributed by atoms with Crippen molar-refractivity contribution < 1.29 is 9.21 Å². The van der Waals surface area contributed by atoms with Gasteiger partial charge in [0.25, 0.3) is 5.56 Å². The van der Waals surface area contributed by atoms with Gasteiger partial charge in [-0.05, 0) is 30.3 Å². The average molecular weight is 398 g/mol. The molecule has 124 valence electrons. The van der Waals surface area contributed by atoms with Crippen LogP contribution in [0.1, 0.15) is 0 Å². The number of hydrogen-bond acceptors (Lipinski definition) is 4. The molecular formula is C18H12BrN3O3. The first-order valence-electron chi connectivity index (χ1n) is 7.54. The van der Waals surface area contributed by atoms with E-state index in [1.54, 1.807) is 18.2 Å². The van der Waals surface area contributed by atoms with Gasteiger partial charge in [-0.1, -0.05) is 34.1 Å². The van der Waals surface area contributed by atoms with Crippen LogP contribution in [-0.4, -0.2) is 15.5 Å². The number of hydrogen-bond donors (Lipinski definition) is 1. The van der Waals surface area contributed by atoms with Crippen LogP contribution in [0.2, 0.25) is 0 Å². The minimum atomic E-state index is -0.384. The number of carbonyl (C=O) groups excluding carboxylic acids is 1. The zero-order valence-corrected chi connectivity index (χ0v) is 14.5. The van der Waals surface area contributed by atoms with E-state index in [1.165, 1.54) is 10.9 Å². The number of halogens is 1. The number of benzene rings is 2. The zero-order chi connectivity index (χ0) is 17.4. The molecule has 6 nitrogen and oxygen atoms in total. The van der Waals surface area contributed by atoms with Crippen molar-refractivity contribution in [3.63, 3.8) is 0 Å². The Labute approximate surface area is 150 Å². The van der Waals surface area contributed by atoms with Crippen LogP contribution in [0.15, 0.2) is 68.5 Å². The molecule has 0 fully saturated rings. The summed E-state index contributed by atoms with van der Waals surface area (Å²) in [6.07, 6.45) is 1.37. The van der Waals surface area contributed by atoms with E-state index in [1.807, 2.05) is 30.3 Å². The average Bonchev–Trinajstić information content (AvgIpc) is 2.97. The maximum Gasteiger partial charge on any atom is 0.297 e. The molecule has 0 saturated carbocycles. The fourth-order valence-corrected chi connectivity index (χ4v) is 3.05. The molecule has 2 aromatic carbocycles. The monoisotopic (exact) mass is 397 g/mol. The van der Waals surface area contributed by atoms with Crippen molar-refractivity contribution in [3.8, 4) is 0 Å². The van der Waals surface area contributed by atoms with E-state index in [-0.39, 0.29) is 23.6 Å². The first-order valence-corrected chi connectivity index (χ1v) is 8.33. The topological polar surface area (TPSA) is 77.1 Å². The Kier molecular flexibility index (Phi) is 3.85. The molecule has 0 saturated heterocycles. The van der Waals surface area contributed by atoms with Crippen LogP contribution in [0.5, 0.6) is 0 Å². The lowest BCUT2D eigenvalue weighted by atomic mass is 10.2. The van der Waals surface area contributed by atoms with E-state index < -0.39 is 0 Å². The summed E-state index contributed by atoms with van der Waals surface area (Å²) < 4.78 is 7.69. The molecule has 7 heteroatoms. The van der Waals surface area contributed by atoms with Gasteiger partial charge in [-0.3, -0.25) is 14.2 Å². The van der Waals surface area contributed by atoms with E-state index in [0.29, 0.717) is 16.8 Å². The van der Waals surface area contributed by atoms with Gasteiger partial charge < -0.3 is 9.73 Å². The molecular weight excluding hydrogens is 386 g/mol. The summed E-state index contributed by atoms with van der Waals surface area (Å²) >= 11 is 3.35. The predicted octanol–water partition coefficient (Wildman–Crippen LogP) is 3.54. The molecule has 0 radical (unpaired) electrons. The van der Waals surface area contributed by atoms with Gasteiger partial charge in [0.15, 0.2) is 0 Å². The molecule has 1 amide bonds. The molecule has 2 aromatic heterocycles. The quantitative estimate of drug-likeness (QED) is 0.573. The molecule has 0 unspecified atom stereocenters. The third-order valence-corrected chi connectivity index (χ3v) is 4.27. The summed E-state index contributed by atoms with van der Waals surface area (Å²) in [6, 6.07) is 14.5. The highest BCUT2D eigenvalue weighted by molar-refractivity contribution is 9.10. The predicted molar refractivity (Wildman–Crippen MR) is 98.5 cm³/mol. The minimum Gasteiger partial charge on any atom is -0.448 e. The highest BCUT2D eigenvalue weighted by Crippen LogP contribution is 2.24. The standard InChI is InChI=1S/C18H12BrN3O3/c19-11-4-3-5-12(8-11)21-15(23)9-22-10-20-16-13-6-1-2-7-14(13)25-17(16)18(22)24/h1-8,10H,9H2,(H,21,23). The molecule has 2 heterocycles. The lowest BCUT2D eigenvalue weighted by Gasteiger charge is -2.07. The summed E-state index contributed by atoms with van der Waals surface area (Å²) in [5.74, 6) is -0.322. The summed E-state index contributed by atoms with van der Waals surface area (Å²) in [5, 5.41) is 3.52. The van der Waals surface area contributed by atoms with E-state index in [0.717, 1.165) is 9.86 Å². The summed E-state index contributed by atoms with van der Waals surface area (Å²) in [7, 11) is 0. The number of nitrogens with zero attached hydrogens (tertiary/aromatic N) is 2. The number of rotatable bonds is 3. The van der Waals surface area contributed by atoms with Crippen LogP contribution in [-0.2, 0) is 11.3 Å². The van der Waals surface area contributed by atoms with E-state index in [2.05, 4.69) is 26.2 Å². The maximum atomic E-state index is 12.6. The SMILES string of the molecule is O=C(Cn1cnc2c(oc3ccccc32)c1=O)Nc1cccc(Br)c1. The smallest absolute Gasteiger partial charge is 0.297 e. The van der Waals surface area contributed by atoms with Crippen molar-refractivity contribution in [2.24, 2.45) is 0 Å². The van der Waals surface area contributed by atoms with E-state index >= 15 is 0 Å². The lowest BCUT2D eigenvalue weighted by Crippen LogP contribution is -2.27. The molecule has 4 aromatic rings. The van der Waals surface area contributed by atoms with Gasteiger partial charge in [0, 0.05) is 15.5 Å². The second kappa shape index (κ2) is 6.18. The first-order chi connectivity index (χ1) is 12.1. The van der Waals surface area contributed by atoms with Crippen molar-refractivity contribution in [1.82, 2.24) is 9.55 Å². The minimum absolute atomic E-state index is 0.147. The molecule has 0 bridgehead atoms. The number of para-hydroxylation sites is 1. The van der Waals surface area contributed by atoms with Gasteiger partial charge in [-0.25, -0.2) is 4.98 Å². The molecule has 0 spiro atoms. The molecule has 25 heavy (non-hydrogen) atoms. The normalized spacial score (nSPS) is 11.1. The van der Waals surface area contributed by atoms with Gasteiger partial charge in [-0.15, -0.1) is 0 Å². The number of nitrogens with one attached hydrogen (secondary N) is 1. The number of fused-ring (bicyclic) bond motifs is 3. The molecule has 1 N–H and O–H groups in total. The van der Waals surface area contributed by atoms with Gasteiger partial charge in [-0.2, -0.15) is 0 Å². The molecule has 0 aliphatic rings. The third kappa shape index (κ3) is 2.94. The number of carbonyl (C=O) groups is 1. The summed E-state index contributed by atoms with van der Waals surface area (Å²) in [6.45, 7) is -0.147. The molecule has 0 aliphatic heterocycles. The highest BCUT2D eigenvalue weighted by atomic mass is 79.9. The van der Waals surface area contributed by atoms with Crippen LogP contribution < -0.4 is 10.9 Å². The fourth-order valence-electron chi connectivity index (χ4n) is 2.65. The largest absolute Gasteiger partial charge is 0.448 e. The van der Waals surface area contributed by atoms with Gasteiger partial charge in [0.1, 0.15) is 17.6 Å². The van der Waals surface area contributed by atoms with Crippen LogP contribution in [0.4, 0.5) is 5.69 Å². The lowest BCUT2D eigenvalue weighted by molar-refractivity contribution is -0.116. The van der Waals surface area contributed by atoms with Gasteiger partial charge >= 0.3 is 0 Å². The summed E-state index contributed by atoms with van der Waals surface area (Å²) in [5.41, 5.74) is 1.51. The second-order valence-electron chi connectivity index (χ2n) is 5.51. The number of aromatic nitrogens is 2. The van der Waals surface area contributed by atoms with Crippen molar-refractivity contribution in [3.05, 3.63) is 69.7 Å². The van der Waals surface area contributed by atoms with E-state index in [4.69, 9.17) is 4.42 Å². The van der Waals surface area contributed by atoms with Gasteiger partial charge in [0.2, 0.25) is 11.5 Å². The Morgan fingerprint density at radius 2 is 2.04 bits per heavy atom. The first kappa shape index (κ1) is 15.6. The highest BCUT2D eigenvalue weighted by Gasteiger charge is 2.14. The Balaban J connectivity index is 1.65. The van der Waals surface area contributed by atoms with Crippen molar-refractivity contribution in [1.29, 1.82) is 0 Å². The van der Waals surface area contributed by atoms with Crippen LogP contribution in [0, 0.1) is 0 Å². The number of anilines is 1. The molecule has 0 atom stereocenters. The Morgan fingerprint density at radius 3 is 2.88 bits per heavy atom. The molecule has 0 aliphatic carbocycles. The van der Waals surface area contributed by atoms with Crippen LogP contribution >= 0.6 is 15.9 Å². The Hall–Kier alpha value is -2.93. The second-order valence-corrected chi connectivity index (χ2v) is 6.43. The Bertz CT molecular complexity index is 1160. The zero-order valence-electron chi connectivity index (χ0n) is 12.9. The third-order valence-electron chi connectivity index (χ3n) is 3.77. The van der Waals surface area contributed by atoms with Crippen molar-refractivity contribution >= 4 is 49.6 Å². The van der Waals surface area contributed by atoms with E-state index in [9.17, 15) is 9.59 Å². The van der Waals surface area contributed by atoms with Crippen LogP contribution in [0.25, 0.3) is 22.1 Å². The summed E-state index contributed by atoms with van der Waals surface area (Å²) in [4.78, 5) is 29.1.